The first-order chi connectivity index (χ1) is 9.89. The molecule has 2 atom stereocenters. The van der Waals surface area contributed by atoms with Gasteiger partial charge in [0.25, 0.3) is 0 Å². The van der Waals surface area contributed by atoms with Crippen molar-refractivity contribution in [1.82, 2.24) is 10.2 Å². The Labute approximate surface area is 124 Å². The van der Waals surface area contributed by atoms with Crippen LogP contribution in [-0.4, -0.2) is 65.1 Å². The van der Waals surface area contributed by atoms with Crippen LogP contribution in [0.25, 0.3) is 0 Å². The number of carbonyl (C=O) groups excluding carboxylic acids is 1. The van der Waals surface area contributed by atoms with Gasteiger partial charge >= 0.3 is 12.0 Å². The molecule has 2 amide bonds. The van der Waals surface area contributed by atoms with Crippen molar-refractivity contribution in [3.63, 3.8) is 0 Å². The summed E-state index contributed by atoms with van der Waals surface area (Å²) in [6.07, 6.45) is 3.56. The van der Waals surface area contributed by atoms with Crippen LogP contribution in [0.2, 0.25) is 0 Å². The second-order valence-electron chi connectivity index (χ2n) is 6.14. The van der Waals surface area contributed by atoms with Crippen LogP contribution >= 0.6 is 0 Å². The molecule has 0 aromatic heterocycles. The number of aliphatic carboxylic acids is 1. The minimum Gasteiger partial charge on any atom is -0.479 e. The highest BCUT2D eigenvalue weighted by Crippen LogP contribution is 2.29. The van der Waals surface area contributed by atoms with E-state index >= 15 is 0 Å². The van der Waals surface area contributed by atoms with Gasteiger partial charge < -0.3 is 25.2 Å². The smallest absolute Gasteiger partial charge is 0.332 e. The summed E-state index contributed by atoms with van der Waals surface area (Å²) in [5, 5.41) is 21.8. The normalized spacial score (nSPS) is 27.5. The summed E-state index contributed by atoms with van der Waals surface area (Å²) >= 11 is 0. The molecule has 7 heteroatoms. The van der Waals surface area contributed by atoms with E-state index in [0.29, 0.717) is 25.9 Å². The number of nitrogens with one attached hydrogen (secondary N) is 1. The van der Waals surface area contributed by atoms with E-state index in [1.807, 2.05) is 0 Å². The van der Waals surface area contributed by atoms with Crippen molar-refractivity contribution in [2.24, 2.45) is 0 Å². The van der Waals surface area contributed by atoms with E-state index in [1.165, 1.54) is 4.90 Å². The van der Waals surface area contributed by atoms with Gasteiger partial charge in [-0.1, -0.05) is 12.8 Å². The van der Waals surface area contributed by atoms with Crippen molar-refractivity contribution in [3.8, 4) is 0 Å². The average molecular weight is 300 g/mol. The van der Waals surface area contributed by atoms with Gasteiger partial charge in [-0.15, -0.1) is 0 Å². The number of aliphatic hydroxyl groups is 1. The lowest BCUT2D eigenvalue weighted by atomic mass is 10.0. The molecule has 0 bridgehead atoms. The summed E-state index contributed by atoms with van der Waals surface area (Å²) in [6, 6.07) is -0.266. The summed E-state index contributed by atoms with van der Waals surface area (Å²) in [5.74, 6) is -0.954. The number of hydrogen-bond donors (Lipinski definition) is 3. The Morgan fingerprint density at radius 1 is 1.33 bits per heavy atom. The highest BCUT2D eigenvalue weighted by Gasteiger charge is 2.34. The quantitative estimate of drug-likeness (QED) is 0.689. The van der Waals surface area contributed by atoms with Gasteiger partial charge in [-0.3, -0.25) is 0 Å². The molecular formula is C14H24N2O5. The standard InChI is InChI=1S/C14H24N2O5/c1-16(9-14(20)6-2-3-7-14)13(19)15-8-10-4-5-11(21-10)12(17)18/h10-11,20H,2-9H2,1H3,(H,15,19)(H,17,18). The van der Waals surface area contributed by atoms with Gasteiger partial charge in [-0.25, -0.2) is 9.59 Å². The van der Waals surface area contributed by atoms with Crippen LogP contribution in [-0.2, 0) is 9.53 Å². The van der Waals surface area contributed by atoms with E-state index in [2.05, 4.69) is 5.32 Å². The Morgan fingerprint density at radius 2 is 2.00 bits per heavy atom. The Kier molecular flexibility index (Phi) is 5.05. The topological polar surface area (TPSA) is 99.1 Å². The SMILES string of the molecule is CN(CC1(O)CCCC1)C(=O)NCC1CCC(C(=O)O)O1. The second-order valence-corrected chi connectivity index (χ2v) is 6.14. The number of ether oxygens (including phenoxy) is 1. The van der Waals surface area contributed by atoms with Gasteiger partial charge in [-0.2, -0.15) is 0 Å². The van der Waals surface area contributed by atoms with Crippen LogP contribution in [0.3, 0.4) is 0 Å². The van der Waals surface area contributed by atoms with Crippen molar-refractivity contribution in [2.45, 2.75) is 56.3 Å². The molecule has 1 saturated heterocycles. The van der Waals surface area contributed by atoms with Crippen LogP contribution in [0.5, 0.6) is 0 Å². The molecule has 0 aromatic carbocycles. The maximum Gasteiger partial charge on any atom is 0.332 e. The van der Waals surface area contributed by atoms with Gasteiger partial charge in [0.1, 0.15) is 0 Å². The van der Waals surface area contributed by atoms with Crippen LogP contribution < -0.4 is 5.32 Å². The molecule has 1 saturated carbocycles. The van der Waals surface area contributed by atoms with Gasteiger partial charge in [-0.05, 0) is 25.7 Å². The number of hydrogen-bond acceptors (Lipinski definition) is 4. The predicted molar refractivity (Wildman–Crippen MR) is 75.0 cm³/mol. The molecule has 0 radical (unpaired) electrons. The minimum absolute atomic E-state index is 0.252. The molecular weight excluding hydrogens is 276 g/mol. The fourth-order valence-electron chi connectivity index (χ4n) is 3.08. The maximum absolute atomic E-state index is 12.0. The molecule has 2 fully saturated rings. The highest BCUT2D eigenvalue weighted by molar-refractivity contribution is 5.74. The van der Waals surface area contributed by atoms with Crippen molar-refractivity contribution in [3.05, 3.63) is 0 Å². The van der Waals surface area contributed by atoms with Crippen LogP contribution in [0, 0.1) is 0 Å². The minimum atomic E-state index is -0.954. The maximum atomic E-state index is 12.0. The fourth-order valence-corrected chi connectivity index (χ4v) is 3.08. The van der Waals surface area contributed by atoms with Gasteiger partial charge in [0, 0.05) is 13.6 Å². The molecule has 0 aromatic rings. The van der Waals surface area contributed by atoms with Crippen molar-refractivity contribution in [2.75, 3.05) is 20.1 Å². The fraction of sp³-hybridized carbons (Fsp3) is 0.857. The second kappa shape index (κ2) is 6.62. The lowest BCUT2D eigenvalue weighted by molar-refractivity contribution is -0.149. The van der Waals surface area contributed by atoms with Gasteiger partial charge in [0.05, 0.1) is 18.2 Å². The molecule has 1 aliphatic heterocycles. The van der Waals surface area contributed by atoms with Gasteiger partial charge in [0.15, 0.2) is 6.10 Å². The zero-order valence-electron chi connectivity index (χ0n) is 12.4. The Hall–Kier alpha value is -1.34. The third-order valence-corrected chi connectivity index (χ3v) is 4.28. The molecule has 0 spiro atoms. The van der Waals surface area contributed by atoms with E-state index in [9.17, 15) is 14.7 Å². The van der Waals surface area contributed by atoms with Crippen molar-refractivity contribution >= 4 is 12.0 Å². The lowest BCUT2D eigenvalue weighted by Crippen LogP contribution is -2.47. The molecule has 21 heavy (non-hydrogen) atoms. The summed E-state index contributed by atoms with van der Waals surface area (Å²) in [5.41, 5.74) is -0.760. The molecule has 120 valence electrons. The number of urea groups is 1. The van der Waals surface area contributed by atoms with Crippen LogP contribution in [0.1, 0.15) is 38.5 Å². The van der Waals surface area contributed by atoms with Crippen LogP contribution in [0.4, 0.5) is 4.79 Å². The number of carboxylic acid groups (broad SMARTS) is 1. The summed E-state index contributed by atoms with van der Waals surface area (Å²) < 4.78 is 5.32. The first kappa shape index (κ1) is 16.0. The van der Waals surface area contributed by atoms with Gasteiger partial charge in [0.2, 0.25) is 0 Å². The monoisotopic (exact) mass is 300 g/mol. The van der Waals surface area contributed by atoms with E-state index in [4.69, 9.17) is 9.84 Å². The number of carboxylic acids is 1. The Balaban J connectivity index is 1.70. The summed E-state index contributed by atoms with van der Waals surface area (Å²) in [4.78, 5) is 24.2. The highest BCUT2D eigenvalue weighted by atomic mass is 16.5. The molecule has 2 aliphatic rings. The first-order valence-electron chi connectivity index (χ1n) is 7.49. The molecule has 7 nitrogen and oxygen atoms in total. The molecule has 2 rings (SSSR count). The summed E-state index contributed by atoms with van der Waals surface area (Å²) in [7, 11) is 1.65. The number of likely N-dealkylation sites (N-methyl/N-ethyl adjacent to an activating group) is 1. The van der Waals surface area contributed by atoms with Crippen molar-refractivity contribution in [1.29, 1.82) is 0 Å². The van der Waals surface area contributed by atoms with Crippen molar-refractivity contribution < 1.29 is 24.5 Å². The number of nitrogens with zero attached hydrogens (tertiary/aromatic N) is 1. The molecule has 1 heterocycles. The Morgan fingerprint density at radius 3 is 2.57 bits per heavy atom. The zero-order valence-corrected chi connectivity index (χ0v) is 12.4. The van der Waals surface area contributed by atoms with E-state index in [-0.39, 0.29) is 12.1 Å². The Bertz CT molecular complexity index is 395. The van der Waals surface area contributed by atoms with Crippen LogP contribution in [0.15, 0.2) is 0 Å². The molecule has 1 aliphatic carbocycles. The lowest BCUT2D eigenvalue weighted by Gasteiger charge is -2.29. The van der Waals surface area contributed by atoms with E-state index in [0.717, 1.165) is 25.7 Å². The van der Waals surface area contributed by atoms with E-state index < -0.39 is 17.7 Å². The first-order valence-corrected chi connectivity index (χ1v) is 7.49. The third kappa shape index (κ3) is 4.31. The number of carbonyl (C=O) groups is 2. The average Bonchev–Trinajstić information content (AvgIpc) is 3.05. The third-order valence-electron chi connectivity index (χ3n) is 4.28. The largest absolute Gasteiger partial charge is 0.479 e. The molecule has 3 N–H and O–H groups in total. The number of amides is 2. The zero-order chi connectivity index (χ0) is 15.5. The molecule has 2 unspecified atom stereocenters. The summed E-state index contributed by atoms with van der Waals surface area (Å²) in [6.45, 7) is 0.619. The number of rotatable bonds is 5. The predicted octanol–water partition coefficient (Wildman–Crippen LogP) is 0.565. The van der Waals surface area contributed by atoms with E-state index in [1.54, 1.807) is 7.05 Å².